The van der Waals surface area contributed by atoms with Crippen LogP contribution in [0.15, 0.2) is 12.1 Å². The molecule has 0 radical (unpaired) electrons. The number of hydrogen-bond acceptors (Lipinski definition) is 2. The van der Waals surface area contributed by atoms with Gasteiger partial charge in [-0.05, 0) is 31.4 Å². The van der Waals surface area contributed by atoms with Gasteiger partial charge in [-0.1, -0.05) is 13.8 Å². The van der Waals surface area contributed by atoms with E-state index in [4.69, 9.17) is 0 Å². The number of carbonyl (C=O) groups is 1. The molecule has 1 aromatic heterocycles. The Labute approximate surface area is 101 Å². The van der Waals surface area contributed by atoms with Crippen LogP contribution < -0.4 is 5.32 Å². The van der Waals surface area contributed by atoms with Gasteiger partial charge >= 0.3 is 0 Å². The van der Waals surface area contributed by atoms with Crippen molar-refractivity contribution in [1.82, 2.24) is 5.32 Å². The first-order valence-corrected chi connectivity index (χ1v) is 6.70. The summed E-state index contributed by atoms with van der Waals surface area (Å²) in [7, 11) is 0. The quantitative estimate of drug-likeness (QED) is 0.860. The van der Waals surface area contributed by atoms with Crippen molar-refractivity contribution in [3.05, 3.63) is 21.9 Å². The number of aryl methyl sites for hydroxylation is 1. The molecule has 2 heterocycles. The highest BCUT2D eigenvalue weighted by atomic mass is 32.1. The molecule has 1 unspecified atom stereocenters. The van der Waals surface area contributed by atoms with E-state index in [2.05, 4.69) is 38.2 Å². The summed E-state index contributed by atoms with van der Waals surface area (Å²) in [5.74, 6) is 0.698. The van der Waals surface area contributed by atoms with Crippen molar-refractivity contribution in [3.63, 3.8) is 0 Å². The van der Waals surface area contributed by atoms with Crippen molar-refractivity contribution in [2.24, 2.45) is 5.92 Å². The highest BCUT2D eigenvalue weighted by Crippen LogP contribution is 2.33. The molecule has 1 amide bonds. The van der Waals surface area contributed by atoms with E-state index in [0.29, 0.717) is 12.3 Å². The predicted molar refractivity (Wildman–Crippen MR) is 67.7 cm³/mol. The number of rotatable bonds is 3. The van der Waals surface area contributed by atoms with E-state index in [9.17, 15) is 4.79 Å². The van der Waals surface area contributed by atoms with Crippen LogP contribution in [-0.4, -0.2) is 11.4 Å². The van der Waals surface area contributed by atoms with Crippen molar-refractivity contribution >= 4 is 17.2 Å². The fourth-order valence-electron chi connectivity index (χ4n) is 2.40. The highest BCUT2D eigenvalue weighted by molar-refractivity contribution is 7.11. The molecule has 0 bridgehead atoms. The van der Waals surface area contributed by atoms with Crippen LogP contribution in [0.4, 0.5) is 0 Å². The summed E-state index contributed by atoms with van der Waals surface area (Å²) in [6.45, 7) is 6.53. The first-order chi connectivity index (χ1) is 7.52. The minimum absolute atomic E-state index is 0.00558. The van der Waals surface area contributed by atoms with Crippen LogP contribution in [0.1, 0.15) is 36.4 Å². The number of hydrogen-bond donors (Lipinski definition) is 1. The lowest BCUT2D eigenvalue weighted by Crippen LogP contribution is -2.47. The maximum Gasteiger partial charge on any atom is 0.220 e. The van der Waals surface area contributed by atoms with Crippen LogP contribution in [0.25, 0.3) is 0 Å². The molecule has 0 spiro atoms. The number of amides is 1. The van der Waals surface area contributed by atoms with Crippen LogP contribution in [0.3, 0.4) is 0 Å². The third kappa shape index (κ3) is 2.14. The van der Waals surface area contributed by atoms with Gasteiger partial charge in [0.2, 0.25) is 5.91 Å². The van der Waals surface area contributed by atoms with E-state index in [1.807, 2.05) is 11.3 Å². The van der Waals surface area contributed by atoms with Crippen molar-refractivity contribution in [2.75, 3.05) is 0 Å². The second-order valence-electron chi connectivity index (χ2n) is 5.05. The van der Waals surface area contributed by atoms with E-state index < -0.39 is 0 Å². The molecule has 0 saturated carbocycles. The van der Waals surface area contributed by atoms with Crippen LogP contribution in [0.2, 0.25) is 0 Å². The van der Waals surface area contributed by atoms with Gasteiger partial charge in [0.25, 0.3) is 0 Å². The second kappa shape index (κ2) is 4.21. The smallest absolute Gasteiger partial charge is 0.220 e. The fraction of sp³-hybridized carbons (Fsp3) is 0.615. The lowest BCUT2D eigenvalue weighted by Gasteiger charge is -2.33. The summed E-state index contributed by atoms with van der Waals surface area (Å²) in [6, 6.07) is 4.35. The third-order valence-electron chi connectivity index (χ3n) is 3.58. The highest BCUT2D eigenvalue weighted by Gasteiger charge is 2.40. The van der Waals surface area contributed by atoms with Crippen molar-refractivity contribution in [3.8, 4) is 0 Å². The Balaban J connectivity index is 2.18. The largest absolute Gasteiger partial charge is 0.350 e. The third-order valence-corrected chi connectivity index (χ3v) is 4.58. The number of nitrogens with one attached hydrogen (secondary N) is 1. The van der Waals surface area contributed by atoms with Gasteiger partial charge in [-0.3, -0.25) is 4.79 Å². The Morgan fingerprint density at radius 2 is 2.25 bits per heavy atom. The summed E-state index contributed by atoms with van der Waals surface area (Å²) in [5.41, 5.74) is -0.00558. The first kappa shape index (κ1) is 11.6. The van der Waals surface area contributed by atoms with Crippen molar-refractivity contribution < 1.29 is 4.79 Å². The fourth-order valence-corrected chi connectivity index (χ4v) is 3.42. The van der Waals surface area contributed by atoms with E-state index >= 15 is 0 Å². The maximum absolute atomic E-state index is 11.5. The first-order valence-electron chi connectivity index (χ1n) is 5.88. The van der Waals surface area contributed by atoms with Crippen LogP contribution >= 0.6 is 11.3 Å². The zero-order valence-electron chi connectivity index (χ0n) is 10.2. The Morgan fingerprint density at radius 1 is 1.50 bits per heavy atom. The number of thiophene rings is 1. The van der Waals surface area contributed by atoms with Gasteiger partial charge in [-0.15, -0.1) is 11.3 Å². The van der Waals surface area contributed by atoms with Gasteiger partial charge in [0.1, 0.15) is 0 Å². The molecule has 2 rings (SSSR count). The van der Waals surface area contributed by atoms with Crippen LogP contribution in [0.5, 0.6) is 0 Å². The Bertz CT molecular complexity index is 396. The van der Waals surface area contributed by atoms with Gasteiger partial charge in [-0.2, -0.15) is 0 Å². The lowest BCUT2D eigenvalue weighted by atomic mass is 9.81. The topological polar surface area (TPSA) is 29.1 Å². The molecule has 1 saturated heterocycles. The standard InChI is InChI=1S/C13H19NOS/c1-9(2)13(7-6-12(15)14-13)8-11-5-4-10(3)16-11/h4-5,9H,6-8H2,1-3H3,(H,14,15). The molecular formula is C13H19NOS. The molecule has 1 fully saturated rings. The molecule has 3 heteroatoms. The van der Waals surface area contributed by atoms with E-state index in [-0.39, 0.29) is 11.4 Å². The Morgan fingerprint density at radius 3 is 2.69 bits per heavy atom. The Kier molecular flexibility index (Phi) is 3.06. The Hall–Kier alpha value is -0.830. The maximum atomic E-state index is 11.5. The average Bonchev–Trinajstić information content (AvgIpc) is 2.75. The minimum atomic E-state index is -0.00558. The molecular weight excluding hydrogens is 218 g/mol. The molecule has 88 valence electrons. The van der Waals surface area contributed by atoms with Gasteiger partial charge < -0.3 is 5.32 Å². The SMILES string of the molecule is Cc1ccc(CC2(C(C)C)CCC(=O)N2)s1. The molecule has 2 nitrogen and oxygen atoms in total. The average molecular weight is 237 g/mol. The van der Waals surface area contributed by atoms with Gasteiger partial charge in [0.05, 0.1) is 0 Å². The number of carbonyl (C=O) groups excluding carboxylic acids is 1. The summed E-state index contributed by atoms with van der Waals surface area (Å²) in [4.78, 5) is 14.2. The lowest BCUT2D eigenvalue weighted by molar-refractivity contribution is -0.120. The van der Waals surface area contributed by atoms with E-state index in [1.165, 1.54) is 9.75 Å². The molecule has 1 N–H and O–H groups in total. The van der Waals surface area contributed by atoms with Crippen LogP contribution in [0, 0.1) is 12.8 Å². The summed E-state index contributed by atoms with van der Waals surface area (Å²) < 4.78 is 0. The normalized spacial score (nSPS) is 25.1. The molecule has 0 aromatic carbocycles. The van der Waals surface area contributed by atoms with Crippen LogP contribution in [-0.2, 0) is 11.2 Å². The molecule has 0 aliphatic carbocycles. The molecule has 16 heavy (non-hydrogen) atoms. The van der Waals surface area contributed by atoms with Gasteiger partial charge in [0, 0.05) is 28.1 Å². The molecule has 1 aromatic rings. The zero-order valence-corrected chi connectivity index (χ0v) is 11.0. The van der Waals surface area contributed by atoms with Crippen molar-refractivity contribution in [2.45, 2.75) is 45.6 Å². The predicted octanol–water partition coefficient (Wildman–Crippen LogP) is 2.90. The summed E-state index contributed by atoms with van der Waals surface area (Å²) >= 11 is 1.84. The monoisotopic (exact) mass is 237 g/mol. The molecule has 1 aliphatic heterocycles. The molecule has 1 atom stereocenters. The van der Waals surface area contributed by atoms with Gasteiger partial charge in [-0.25, -0.2) is 0 Å². The molecule has 1 aliphatic rings. The minimum Gasteiger partial charge on any atom is -0.350 e. The second-order valence-corrected chi connectivity index (χ2v) is 6.42. The van der Waals surface area contributed by atoms with E-state index in [0.717, 1.165) is 12.8 Å². The van der Waals surface area contributed by atoms with Gasteiger partial charge in [0.15, 0.2) is 0 Å². The van der Waals surface area contributed by atoms with E-state index in [1.54, 1.807) is 0 Å². The van der Waals surface area contributed by atoms with Crippen molar-refractivity contribution in [1.29, 1.82) is 0 Å². The zero-order chi connectivity index (χ0) is 11.8. The summed E-state index contributed by atoms with van der Waals surface area (Å²) in [6.07, 6.45) is 2.64. The summed E-state index contributed by atoms with van der Waals surface area (Å²) in [5, 5.41) is 3.19.